The van der Waals surface area contributed by atoms with E-state index in [1.165, 1.54) is 22.5 Å². The Morgan fingerprint density at radius 2 is 1.96 bits per heavy atom. The quantitative estimate of drug-likeness (QED) is 0.724. The number of fused-ring (bicyclic) bond motifs is 1. The van der Waals surface area contributed by atoms with E-state index in [1.807, 2.05) is 37.6 Å². The molecular formula is C18H20N4OS. The van der Waals surface area contributed by atoms with E-state index in [-0.39, 0.29) is 11.9 Å². The minimum absolute atomic E-state index is 0.0127. The second-order valence-electron chi connectivity index (χ2n) is 5.77. The van der Waals surface area contributed by atoms with E-state index in [2.05, 4.69) is 45.8 Å². The molecule has 0 bridgehead atoms. The molecule has 1 amide bonds. The predicted molar refractivity (Wildman–Crippen MR) is 97.0 cm³/mol. The summed E-state index contributed by atoms with van der Waals surface area (Å²) < 4.78 is 1.88. The van der Waals surface area contributed by atoms with Crippen molar-refractivity contribution in [2.45, 2.75) is 25.0 Å². The Labute approximate surface area is 145 Å². The van der Waals surface area contributed by atoms with Gasteiger partial charge >= 0.3 is 0 Å². The van der Waals surface area contributed by atoms with Crippen LogP contribution in [-0.2, 0) is 11.8 Å². The molecule has 0 aliphatic carbocycles. The number of aromatic nitrogens is 3. The summed E-state index contributed by atoms with van der Waals surface area (Å²) >= 11 is 1.39. The zero-order valence-corrected chi connectivity index (χ0v) is 14.8. The van der Waals surface area contributed by atoms with Gasteiger partial charge in [-0.2, -0.15) is 0 Å². The first-order valence-electron chi connectivity index (χ1n) is 7.81. The summed E-state index contributed by atoms with van der Waals surface area (Å²) in [5.41, 5.74) is 1.10. The number of carbonyl (C=O) groups is 1. The summed E-state index contributed by atoms with van der Waals surface area (Å²) in [5, 5.41) is 14.2. The number of nitrogens with one attached hydrogen (secondary N) is 1. The van der Waals surface area contributed by atoms with E-state index in [0.29, 0.717) is 5.75 Å². The molecule has 0 unspecified atom stereocenters. The van der Waals surface area contributed by atoms with Crippen LogP contribution < -0.4 is 5.32 Å². The zero-order chi connectivity index (χ0) is 17.1. The van der Waals surface area contributed by atoms with E-state index >= 15 is 0 Å². The Balaban J connectivity index is 1.61. The number of nitrogens with zero attached hydrogens (tertiary/aromatic N) is 3. The molecule has 0 radical (unpaired) electrons. The number of benzene rings is 2. The molecular weight excluding hydrogens is 320 g/mol. The fraction of sp³-hybridized carbons (Fsp3) is 0.278. The third kappa shape index (κ3) is 3.59. The normalized spacial score (nSPS) is 12.3. The Morgan fingerprint density at radius 1 is 1.21 bits per heavy atom. The standard InChI is InChI=1S/C18H20N4OS/c1-12(15-9-8-14-6-4-5-7-16(14)10-15)19-17(23)11-24-18-21-20-13(2)22(18)3/h4-10,12H,11H2,1-3H3,(H,19,23)/t12-/m0/s1. The van der Waals surface area contributed by atoms with Crippen LogP contribution in [0.1, 0.15) is 24.4 Å². The van der Waals surface area contributed by atoms with Gasteiger partial charge in [-0.05, 0) is 36.2 Å². The second kappa shape index (κ2) is 7.05. The molecule has 5 nitrogen and oxygen atoms in total. The van der Waals surface area contributed by atoms with Crippen LogP contribution >= 0.6 is 11.8 Å². The van der Waals surface area contributed by atoms with Crippen LogP contribution in [0.15, 0.2) is 47.6 Å². The van der Waals surface area contributed by atoms with Gasteiger partial charge in [0.25, 0.3) is 0 Å². The Morgan fingerprint density at radius 3 is 2.67 bits per heavy atom. The Bertz CT molecular complexity index is 874. The van der Waals surface area contributed by atoms with Gasteiger partial charge in [0, 0.05) is 7.05 Å². The van der Waals surface area contributed by atoms with Gasteiger partial charge in [-0.3, -0.25) is 4.79 Å². The van der Waals surface area contributed by atoms with Crippen LogP contribution in [0.2, 0.25) is 0 Å². The molecule has 1 N–H and O–H groups in total. The van der Waals surface area contributed by atoms with Crippen LogP contribution in [0.4, 0.5) is 0 Å². The van der Waals surface area contributed by atoms with Gasteiger partial charge < -0.3 is 9.88 Å². The summed E-state index contributed by atoms with van der Waals surface area (Å²) in [6.07, 6.45) is 0. The van der Waals surface area contributed by atoms with Crippen molar-refractivity contribution in [3.8, 4) is 0 Å². The highest BCUT2D eigenvalue weighted by molar-refractivity contribution is 7.99. The second-order valence-corrected chi connectivity index (χ2v) is 6.72. The van der Waals surface area contributed by atoms with Gasteiger partial charge in [0.05, 0.1) is 11.8 Å². The van der Waals surface area contributed by atoms with Gasteiger partial charge in [-0.25, -0.2) is 0 Å². The molecule has 1 aromatic heterocycles. The molecule has 0 saturated carbocycles. The van der Waals surface area contributed by atoms with Crippen LogP contribution in [0, 0.1) is 6.92 Å². The van der Waals surface area contributed by atoms with Crippen molar-refractivity contribution < 1.29 is 4.79 Å². The van der Waals surface area contributed by atoms with E-state index in [0.717, 1.165) is 16.5 Å². The van der Waals surface area contributed by atoms with Crippen molar-refractivity contribution in [3.63, 3.8) is 0 Å². The lowest BCUT2D eigenvalue weighted by Gasteiger charge is -2.15. The van der Waals surface area contributed by atoms with Crippen molar-refractivity contribution in [2.24, 2.45) is 7.05 Å². The summed E-state index contributed by atoms with van der Waals surface area (Å²) in [6, 6.07) is 14.5. The summed E-state index contributed by atoms with van der Waals surface area (Å²) in [4.78, 5) is 12.2. The third-order valence-electron chi connectivity index (χ3n) is 4.04. The minimum Gasteiger partial charge on any atom is -0.349 e. The van der Waals surface area contributed by atoms with Crippen molar-refractivity contribution in [3.05, 3.63) is 53.9 Å². The van der Waals surface area contributed by atoms with Gasteiger partial charge in [0.15, 0.2) is 5.16 Å². The number of carbonyl (C=O) groups excluding carboxylic acids is 1. The molecule has 2 aromatic carbocycles. The first kappa shape index (κ1) is 16.5. The summed E-state index contributed by atoms with van der Waals surface area (Å²) in [7, 11) is 1.90. The van der Waals surface area contributed by atoms with Gasteiger partial charge in [0.2, 0.25) is 5.91 Å². The molecule has 0 saturated heterocycles. The molecule has 3 aromatic rings. The van der Waals surface area contributed by atoms with Crippen molar-refractivity contribution in [1.29, 1.82) is 0 Å². The number of aryl methyl sites for hydroxylation is 1. The largest absolute Gasteiger partial charge is 0.349 e. The van der Waals surface area contributed by atoms with Crippen molar-refractivity contribution >= 4 is 28.4 Å². The number of thioether (sulfide) groups is 1. The maximum atomic E-state index is 12.2. The van der Waals surface area contributed by atoms with Crippen molar-refractivity contribution in [2.75, 3.05) is 5.75 Å². The Kier molecular flexibility index (Phi) is 4.85. The topological polar surface area (TPSA) is 59.8 Å². The first-order chi connectivity index (χ1) is 11.5. The highest BCUT2D eigenvalue weighted by atomic mass is 32.2. The maximum absolute atomic E-state index is 12.2. The van der Waals surface area contributed by atoms with E-state index in [1.54, 1.807) is 0 Å². The smallest absolute Gasteiger partial charge is 0.230 e. The maximum Gasteiger partial charge on any atom is 0.230 e. The lowest BCUT2D eigenvalue weighted by molar-refractivity contribution is -0.119. The van der Waals surface area contributed by atoms with Crippen LogP contribution in [0.25, 0.3) is 10.8 Å². The van der Waals surface area contributed by atoms with E-state index in [4.69, 9.17) is 0 Å². The summed E-state index contributed by atoms with van der Waals surface area (Å²) in [6.45, 7) is 3.89. The first-order valence-corrected chi connectivity index (χ1v) is 8.80. The molecule has 0 fully saturated rings. The predicted octanol–water partition coefficient (Wildman–Crippen LogP) is 3.25. The highest BCUT2D eigenvalue weighted by Crippen LogP contribution is 2.21. The molecule has 24 heavy (non-hydrogen) atoms. The van der Waals surface area contributed by atoms with Crippen molar-refractivity contribution in [1.82, 2.24) is 20.1 Å². The minimum atomic E-state index is -0.0380. The molecule has 124 valence electrons. The molecule has 0 aliphatic rings. The van der Waals surface area contributed by atoms with Gasteiger partial charge in [-0.1, -0.05) is 48.2 Å². The molecule has 1 atom stereocenters. The Hall–Kier alpha value is -2.34. The molecule has 0 aliphatic heterocycles. The van der Waals surface area contributed by atoms with Crippen LogP contribution in [0.3, 0.4) is 0 Å². The van der Waals surface area contributed by atoms with Gasteiger partial charge in [-0.15, -0.1) is 10.2 Å². The average molecular weight is 340 g/mol. The van der Waals surface area contributed by atoms with Crippen LogP contribution in [0.5, 0.6) is 0 Å². The molecule has 0 spiro atoms. The lowest BCUT2D eigenvalue weighted by Crippen LogP contribution is -2.28. The number of rotatable bonds is 5. The molecule has 3 rings (SSSR count). The fourth-order valence-electron chi connectivity index (χ4n) is 2.49. The third-order valence-corrected chi connectivity index (χ3v) is 5.06. The molecule has 1 heterocycles. The number of hydrogen-bond acceptors (Lipinski definition) is 4. The number of amides is 1. The summed E-state index contributed by atoms with van der Waals surface area (Å²) in [5.74, 6) is 1.15. The monoisotopic (exact) mass is 340 g/mol. The number of hydrogen-bond donors (Lipinski definition) is 1. The molecule has 6 heteroatoms. The fourth-order valence-corrected chi connectivity index (χ4v) is 3.25. The van der Waals surface area contributed by atoms with E-state index < -0.39 is 0 Å². The highest BCUT2D eigenvalue weighted by Gasteiger charge is 2.12. The zero-order valence-electron chi connectivity index (χ0n) is 14.0. The SMILES string of the molecule is Cc1nnc(SCC(=O)N[C@@H](C)c2ccc3ccccc3c2)n1C. The van der Waals surface area contributed by atoms with Gasteiger partial charge in [0.1, 0.15) is 5.82 Å². The lowest BCUT2D eigenvalue weighted by atomic mass is 10.0. The average Bonchev–Trinajstić information content (AvgIpc) is 2.91. The van der Waals surface area contributed by atoms with E-state index in [9.17, 15) is 4.79 Å². The van der Waals surface area contributed by atoms with Crippen LogP contribution in [-0.4, -0.2) is 26.4 Å².